The van der Waals surface area contributed by atoms with Crippen LogP contribution in [-0.4, -0.2) is 30.4 Å². The zero-order valence-corrected chi connectivity index (χ0v) is 13.9. The Morgan fingerprint density at radius 3 is 2.25 bits per heavy atom. The number of carbonyl (C=O) groups excluding carboxylic acids is 2. The normalized spacial score (nSPS) is 10.1. The number of hydrogen-bond donors (Lipinski definition) is 2. The van der Waals surface area contributed by atoms with Gasteiger partial charge in [0.2, 0.25) is 11.8 Å². The second kappa shape index (κ2) is 8.93. The first kappa shape index (κ1) is 17.8. The average molecular weight is 348 g/mol. The number of halogens is 1. The summed E-state index contributed by atoms with van der Waals surface area (Å²) in [4.78, 5) is 23.6. The number of carbonyl (C=O) groups is 2. The Balaban J connectivity index is 1.71. The minimum absolute atomic E-state index is 0.128. The van der Waals surface area contributed by atoms with Crippen molar-refractivity contribution in [2.24, 2.45) is 0 Å². The fraction of sp³-hybridized carbons (Fsp3) is 0.176. The van der Waals surface area contributed by atoms with Crippen molar-refractivity contribution in [2.75, 3.05) is 29.2 Å². The number of benzene rings is 2. The molecule has 24 heavy (non-hydrogen) atoms. The summed E-state index contributed by atoms with van der Waals surface area (Å²) in [5, 5.41) is 5.37. The average Bonchev–Trinajstić information content (AvgIpc) is 2.57. The molecule has 0 saturated heterocycles. The number of thioether (sulfide) groups is 1. The quantitative estimate of drug-likeness (QED) is 0.807. The van der Waals surface area contributed by atoms with Gasteiger partial charge < -0.3 is 15.4 Å². The molecule has 0 radical (unpaired) electrons. The number of nitrogens with one attached hydrogen (secondary N) is 2. The van der Waals surface area contributed by atoms with Gasteiger partial charge in [-0.1, -0.05) is 6.07 Å². The molecule has 126 valence electrons. The summed E-state index contributed by atoms with van der Waals surface area (Å²) in [5.74, 6) is 0.107. The summed E-state index contributed by atoms with van der Waals surface area (Å²) in [7, 11) is 1.55. The Morgan fingerprint density at radius 2 is 1.62 bits per heavy atom. The molecule has 0 aromatic heterocycles. The summed E-state index contributed by atoms with van der Waals surface area (Å²) in [6.07, 6.45) is 0. The molecule has 0 saturated carbocycles. The monoisotopic (exact) mass is 348 g/mol. The maximum Gasteiger partial charge on any atom is 0.234 e. The van der Waals surface area contributed by atoms with Crippen LogP contribution in [0.2, 0.25) is 0 Å². The highest BCUT2D eigenvalue weighted by molar-refractivity contribution is 8.00. The third-order valence-electron chi connectivity index (χ3n) is 2.95. The van der Waals surface area contributed by atoms with Crippen molar-refractivity contribution in [2.45, 2.75) is 0 Å². The van der Waals surface area contributed by atoms with Crippen LogP contribution < -0.4 is 15.4 Å². The van der Waals surface area contributed by atoms with Crippen LogP contribution in [0.4, 0.5) is 15.8 Å². The van der Waals surface area contributed by atoms with Crippen LogP contribution in [0, 0.1) is 5.82 Å². The summed E-state index contributed by atoms with van der Waals surface area (Å²) in [6, 6.07) is 12.5. The molecule has 2 rings (SSSR count). The van der Waals surface area contributed by atoms with Gasteiger partial charge in [0.1, 0.15) is 11.6 Å². The van der Waals surface area contributed by atoms with E-state index in [-0.39, 0.29) is 29.1 Å². The fourth-order valence-corrected chi connectivity index (χ4v) is 2.48. The molecule has 5 nitrogen and oxygen atoms in total. The fourth-order valence-electron chi connectivity index (χ4n) is 1.86. The van der Waals surface area contributed by atoms with Gasteiger partial charge in [0.05, 0.1) is 18.6 Å². The van der Waals surface area contributed by atoms with Gasteiger partial charge in [0, 0.05) is 17.4 Å². The minimum Gasteiger partial charge on any atom is -0.497 e. The Morgan fingerprint density at radius 1 is 1.00 bits per heavy atom. The molecular formula is C17H17FN2O3S. The molecule has 0 aliphatic heterocycles. The predicted molar refractivity (Wildman–Crippen MR) is 94.0 cm³/mol. The highest BCUT2D eigenvalue weighted by atomic mass is 32.2. The Kier molecular flexibility index (Phi) is 6.62. The molecule has 0 fully saturated rings. The third kappa shape index (κ3) is 5.92. The number of anilines is 2. The molecule has 0 spiro atoms. The van der Waals surface area contributed by atoms with Crippen molar-refractivity contribution in [1.82, 2.24) is 0 Å². The van der Waals surface area contributed by atoms with Gasteiger partial charge >= 0.3 is 0 Å². The maximum absolute atomic E-state index is 12.8. The van der Waals surface area contributed by atoms with Crippen molar-refractivity contribution in [3.63, 3.8) is 0 Å². The topological polar surface area (TPSA) is 67.4 Å². The number of amides is 2. The van der Waals surface area contributed by atoms with Gasteiger partial charge in [-0.25, -0.2) is 4.39 Å². The molecule has 0 atom stereocenters. The van der Waals surface area contributed by atoms with Crippen LogP contribution in [0.15, 0.2) is 48.5 Å². The Hall–Kier alpha value is -2.54. The molecular weight excluding hydrogens is 331 g/mol. The van der Waals surface area contributed by atoms with Crippen LogP contribution in [0.3, 0.4) is 0 Å². The molecule has 0 aliphatic carbocycles. The lowest BCUT2D eigenvalue weighted by atomic mass is 10.3. The van der Waals surface area contributed by atoms with Crippen molar-refractivity contribution >= 4 is 35.0 Å². The van der Waals surface area contributed by atoms with E-state index in [1.54, 1.807) is 31.4 Å². The van der Waals surface area contributed by atoms with Gasteiger partial charge in [0.25, 0.3) is 0 Å². The van der Waals surface area contributed by atoms with E-state index in [2.05, 4.69) is 10.6 Å². The summed E-state index contributed by atoms with van der Waals surface area (Å²) in [6.45, 7) is 0. The lowest BCUT2D eigenvalue weighted by Crippen LogP contribution is -2.18. The van der Waals surface area contributed by atoms with Crippen molar-refractivity contribution in [3.8, 4) is 5.75 Å². The van der Waals surface area contributed by atoms with E-state index in [9.17, 15) is 14.0 Å². The number of ether oxygens (including phenoxy) is 1. The van der Waals surface area contributed by atoms with Crippen LogP contribution in [0.5, 0.6) is 5.75 Å². The zero-order valence-electron chi connectivity index (χ0n) is 13.0. The maximum atomic E-state index is 12.8. The Labute approximate surface area is 143 Å². The summed E-state index contributed by atoms with van der Waals surface area (Å²) >= 11 is 1.19. The summed E-state index contributed by atoms with van der Waals surface area (Å²) < 4.78 is 17.9. The first-order valence-corrected chi connectivity index (χ1v) is 8.29. The van der Waals surface area contributed by atoms with Crippen molar-refractivity contribution in [3.05, 3.63) is 54.3 Å². The second-order valence-electron chi connectivity index (χ2n) is 4.83. The van der Waals surface area contributed by atoms with E-state index in [1.165, 1.54) is 36.0 Å². The van der Waals surface area contributed by atoms with Crippen molar-refractivity contribution < 1.29 is 18.7 Å². The number of rotatable bonds is 7. The molecule has 0 unspecified atom stereocenters. The number of hydrogen-bond acceptors (Lipinski definition) is 4. The molecule has 0 heterocycles. The SMILES string of the molecule is COc1cccc(NC(=O)CSCC(=O)Nc2ccc(F)cc2)c1. The highest BCUT2D eigenvalue weighted by Crippen LogP contribution is 2.17. The van der Waals surface area contributed by atoms with E-state index in [4.69, 9.17) is 4.74 Å². The molecule has 2 amide bonds. The van der Waals surface area contributed by atoms with Gasteiger partial charge in [-0.15, -0.1) is 11.8 Å². The van der Waals surface area contributed by atoms with Gasteiger partial charge in [0.15, 0.2) is 0 Å². The standard InChI is InChI=1S/C17H17FN2O3S/c1-23-15-4-2-3-14(9-15)20-17(22)11-24-10-16(21)19-13-7-5-12(18)6-8-13/h2-9H,10-11H2,1H3,(H,19,21)(H,20,22). The lowest BCUT2D eigenvalue weighted by molar-refractivity contribution is -0.114. The van der Waals surface area contributed by atoms with Gasteiger partial charge in [-0.05, 0) is 36.4 Å². The molecule has 0 aliphatic rings. The van der Waals surface area contributed by atoms with Crippen LogP contribution in [0.1, 0.15) is 0 Å². The lowest BCUT2D eigenvalue weighted by Gasteiger charge is -2.07. The van der Waals surface area contributed by atoms with E-state index >= 15 is 0 Å². The van der Waals surface area contributed by atoms with Gasteiger partial charge in [-0.3, -0.25) is 9.59 Å². The van der Waals surface area contributed by atoms with Crippen molar-refractivity contribution in [1.29, 1.82) is 0 Å². The first-order chi connectivity index (χ1) is 11.6. The largest absolute Gasteiger partial charge is 0.497 e. The van der Waals surface area contributed by atoms with Crippen LogP contribution in [0.25, 0.3) is 0 Å². The van der Waals surface area contributed by atoms with E-state index in [0.29, 0.717) is 17.1 Å². The molecule has 0 bridgehead atoms. The molecule has 2 aromatic rings. The Bertz CT molecular complexity index is 707. The van der Waals surface area contributed by atoms with Crippen LogP contribution >= 0.6 is 11.8 Å². The van der Waals surface area contributed by atoms with Crippen LogP contribution in [-0.2, 0) is 9.59 Å². The first-order valence-electron chi connectivity index (χ1n) is 7.14. The summed E-state index contributed by atoms with van der Waals surface area (Å²) in [5.41, 5.74) is 1.15. The third-order valence-corrected chi connectivity index (χ3v) is 3.88. The predicted octanol–water partition coefficient (Wildman–Crippen LogP) is 3.14. The molecule has 2 aromatic carbocycles. The smallest absolute Gasteiger partial charge is 0.234 e. The zero-order chi connectivity index (χ0) is 17.4. The molecule has 2 N–H and O–H groups in total. The van der Waals surface area contributed by atoms with Gasteiger partial charge in [-0.2, -0.15) is 0 Å². The minimum atomic E-state index is -0.364. The second-order valence-corrected chi connectivity index (χ2v) is 5.81. The highest BCUT2D eigenvalue weighted by Gasteiger charge is 2.07. The number of methoxy groups -OCH3 is 1. The van der Waals surface area contributed by atoms with E-state index in [0.717, 1.165) is 0 Å². The van der Waals surface area contributed by atoms with E-state index in [1.807, 2.05) is 0 Å². The molecule has 7 heteroatoms. The van der Waals surface area contributed by atoms with E-state index < -0.39 is 0 Å².